The number of Topliss-reactive ketones (excluding diaryl/α,β-unsaturated/α-hetero) is 1. The van der Waals surface area contributed by atoms with Gasteiger partial charge in [-0.3, -0.25) is 9.59 Å². The smallest absolute Gasteiger partial charge is 0.317 e. The lowest BCUT2D eigenvalue weighted by Crippen LogP contribution is -2.24. The van der Waals surface area contributed by atoms with E-state index in [1.807, 2.05) is 24.3 Å². The molecule has 0 amide bonds. The molecule has 3 nitrogen and oxygen atoms in total. The van der Waals surface area contributed by atoms with Crippen LogP contribution in [-0.2, 0) is 14.3 Å². The molecule has 2 rings (SSSR count). The van der Waals surface area contributed by atoms with Crippen LogP contribution in [0, 0.1) is 29.6 Å². The van der Waals surface area contributed by atoms with Crippen LogP contribution in [0.4, 0.5) is 0 Å². The van der Waals surface area contributed by atoms with Crippen molar-refractivity contribution in [2.75, 3.05) is 7.11 Å². The van der Waals surface area contributed by atoms with Crippen LogP contribution < -0.4 is 0 Å². The molecule has 0 N–H and O–H groups in total. The summed E-state index contributed by atoms with van der Waals surface area (Å²) in [5.74, 6) is 9.73. The maximum Gasteiger partial charge on any atom is 0.317 e. The number of ketones is 1. The fourth-order valence-corrected chi connectivity index (χ4v) is 1.97. The first-order valence-electron chi connectivity index (χ1n) is 6.44. The molecule has 0 aliphatic heterocycles. The zero-order chi connectivity index (χ0) is 14.4. The molecule has 0 aromatic heterocycles. The van der Waals surface area contributed by atoms with E-state index < -0.39 is 17.7 Å². The van der Waals surface area contributed by atoms with Crippen molar-refractivity contribution in [2.24, 2.45) is 5.92 Å². The molecule has 0 radical (unpaired) electrons. The third-order valence-electron chi connectivity index (χ3n) is 3.07. The van der Waals surface area contributed by atoms with Crippen LogP contribution in [0.3, 0.4) is 0 Å². The van der Waals surface area contributed by atoms with Gasteiger partial charge in [-0.05, 0) is 30.9 Å². The molecule has 3 heteroatoms. The molecule has 0 heterocycles. The quantitative estimate of drug-likeness (QED) is 0.443. The summed E-state index contributed by atoms with van der Waals surface area (Å²) in [7, 11) is 1.28. The Kier molecular flexibility index (Phi) is 4.58. The summed E-state index contributed by atoms with van der Waals surface area (Å²) in [6.45, 7) is 0. The van der Waals surface area contributed by atoms with Crippen molar-refractivity contribution in [1.29, 1.82) is 0 Å². The number of hydrogen-bond donors (Lipinski definition) is 0. The summed E-state index contributed by atoms with van der Waals surface area (Å²) < 4.78 is 4.67. The maximum absolute atomic E-state index is 12.0. The Bertz CT molecular complexity index is 650. The summed E-state index contributed by atoms with van der Waals surface area (Å²) in [6, 6.07) is 7.41. The minimum atomic E-state index is -0.806. The fraction of sp³-hybridized carbons (Fsp3) is 0.294. The van der Waals surface area contributed by atoms with Gasteiger partial charge in [-0.15, -0.1) is 0 Å². The number of ether oxygens (including phenoxy) is 1. The molecule has 1 atom stereocenters. The summed E-state index contributed by atoms with van der Waals surface area (Å²) in [4.78, 5) is 23.7. The van der Waals surface area contributed by atoms with Crippen LogP contribution in [0.1, 0.15) is 30.4 Å². The Balaban J connectivity index is 2.39. The van der Waals surface area contributed by atoms with E-state index in [1.54, 1.807) is 0 Å². The lowest BCUT2D eigenvalue weighted by atomic mass is 9.97. The highest BCUT2D eigenvalue weighted by atomic mass is 16.5. The van der Waals surface area contributed by atoms with Crippen molar-refractivity contribution in [1.82, 2.24) is 0 Å². The maximum atomic E-state index is 12.0. The lowest BCUT2D eigenvalue weighted by Gasteiger charge is -2.08. The first kappa shape index (κ1) is 13.9. The number of hydrogen-bond acceptors (Lipinski definition) is 3. The molecule has 0 saturated carbocycles. The molecule has 1 unspecified atom stereocenters. The van der Waals surface area contributed by atoms with Gasteiger partial charge in [0.1, 0.15) is 5.92 Å². The summed E-state index contributed by atoms with van der Waals surface area (Å²) in [5, 5.41) is 0. The summed E-state index contributed by atoms with van der Waals surface area (Å²) in [5.41, 5.74) is 1.52. The van der Waals surface area contributed by atoms with E-state index in [9.17, 15) is 9.59 Å². The van der Waals surface area contributed by atoms with Crippen molar-refractivity contribution in [2.45, 2.75) is 19.3 Å². The Morgan fingerprint density at radius 3 is 2.60 bits per heavy atom. The second-order valence-corrected chi connectivity index (χ2v) is 4.43. The molecule has 0 bridgehead atoms. The van der Waals surface area contributed by atoms with Gasteiger partial charge in [0.2, 0.25) is 5.78 Å². The normalized spacial score (nSPS) is 17.4. The highest BCUT2D eigenvalue weighted by Crippen LogP contribution is 2.13. The summed E-state index contributed by atoms with van der Waals surface area (Å²) >= 11 is 0. The highest BCUT2D eigenvalue weighted by Gasteiger charge is 2.25. The van der Waals surface area contributed by atoms with Crippen molar-refractivity contribution in [3.05, 3.63) is 35.4 Å². The van der Waals surface area contributed by atoms with Gasteiger partial charge < -0.3 is 4.74 Å². The molecule has 1 aromatic carbocycles. The molecular weight excluding hydrogens is 252 g/mol. The van der Waals surface area contributed by atoms with Crippen LogP contribution >= 0.6 is 0 Å². The van der Waals surface area contributed by atoms with E-state index in [2.05, 4.69) is 28.4 Å². The van der Waals surface area contributed by atoms with E-state index in [0.29, 0.717) is 24.8 Å². The van der Waals surface area contributed by atoms with Gasteiger partial charge in [-0.2, -0.15) is 0 Å². The Morgan fingerprint density at radius 2 is 1.90 bits per heavy atom. The van der Waals surface area contributed by atoms with Gasteiger partial charge in [-0.25, -0.2) is 0 Å². The molecule has 0 saturated heterocycles. The second-order valence-electron chi connectivity index (χ2n) is 4.43. The SMILES string of the molecule is COC(=O)C1CCCC#Cc2ccccc2C#CC1=O. The van der Waals surface area contributed by atoms with Crippen molar-refractivity contribution >= 4 is 11.8 Å². The van der Waals surface area contributed by atoms with Crippen LogP contribution in [0.2, 0.25) is 0 Å². The molecule has 1 aliphatic carbocycles. The zero-order valence-corrected chi connectivity index (χ0v) is 11.2. The van der Waals surface area contributed by atoms with Gasteiger partial charge in [-0.1, -0.05) is 29.9 Å². The van der Waals surface area contributed by atoms with Gasteiger partial charge in [0.25, 0.3) is 0 Å². The topological polar surface area (TPSA) is 43.4 Å². The molecule has 1 aliphatic rings. The minimum Gasteiger partial charge on any atom is -0.468 e. The predicted octanol–water partition coefficient (Wildman–Crippen LogP) is 1.93. The number of benzene rings is 1. The first-order valence-corrected chi connectivity index (χ1v) is 6.44. The molecule has 0 spiro atoms. The van der Waals surface area contributed by atoms with Gasteiger partial charge in [0, 0.05) is 17.5 Å². The van der Waals surface area contributed by atoms with Gasteiger partial charge in [0.15, 0.2) is 0 Å². The van der Waals surface area contributed by atoms with Crippen LogP contribution in [0.25, 0.3) is 0 Å². The van der Waals surface area contributed by atoms with Crippen molar-refractivity contribution in [3.63, 3.8) is 0 Å². The summed E-state index contributed by atoms with van der Waals surface area (Å²) in [6.07, 6.45) is 1.72. The molecule has 1 aromatic rings. The molecule has 0 fully saturated rings. The Labute approximate surface area is 118 Å². The Hall–Kier alpha value is -2.52. The van der Waals surface area contributed by atoms with E-state index in [1.165, 1.54) is 7.11 Å². The lowest BCUT2D eigenvalue weighted by molar-refractivity contribution is -0.148. The molecule has 20 heavy (non-hydrogen) atoms. The fourth-order valence-electron chi connectivity index (χ4n) is 1.97. The predicted molar refractivity (Wildman–Crippen MR) is 74.6 cm³/mol. The third-order valence-corrected chi connectivity index (χ3v) is 3.07. The zero-order valence-electron chi connectivity index (χ0n) is 11.2. The van der Waals surface area contributed by atoms with Gasteiger partial charge in [0.05, 0.1) is 7.11 Å². The molecule has 100 valence electrons. The third kappa shape index (κ3) is 3.28. The largest absolute Gasteiger partial charge is 0.468 e. The van der Waals surface area contributed by atoms with Crippen LogP contribution in [0.5, 0.6) is 0 Å². The number of carbonyl (C=O) groups is 2. The van der Waals surface area contributed by atoms with Gasteiger partial charge >= 0.3 is 5.97 Å². The number of rotatable bonds is 1. The number of carbonyl (C=O) groups excluding carboxylic acids is 2. The number of esters is 1. The Morgan fingerprint density at radius 1 is 1.20 bits per heavy atom. The van der Waals surface area contributed by atoms with E-state index in [0.717, 1.165) is 5.56 Å². The second kappa shape index (κ2) is 6.59. The van der Waals surface area contributed by atoms with Crippen molar-refractivity contribution < 1.29 is 14.3 Å². The highest BCUT2D eigenvalue weighted by molar-refractivity contribution is 6.08. The first-order chi connectivity index (χ1) is 9.72. The standard InChI is InChI=1S/C17H14O3/c1-20-17(19)15-10-4-2-3-7-13-8-5-6-9-14(13)11-12-16(15)18/h5-6,8-9,15H,2,4,10H2,1H3. The van der Waals surface area contributed by atoms with Crippen LogP contribution in [-0.4, -0.2) is 18.9 Å². The molecular formula is C17H14O3. The minimum absolute atomic E-state index is 0.395. The number of fused-ring (bicyclic) bond motifs is 1. The van der Waals surface area contributed by atoms with Crippen molar-refractivity contribution in [3.8, 4) is 23.7 Å². The van der Waals surface area contributed by atoms with E-state index in [4.69, 9.17) is 0 Å². The average Bonchev–Trinajstić information content (AvgIpc) is 2.51. The average molecular weight is 266 g/mol. The monoisotopic (exact) mass is 266 g/mol. The number of methoxy groups -OCH3 is 1. The van der Waals surface area contributed by atoms with E-state index >= 15 is 0 Å². The van der Waals surface area contributed by atoms with Crippen LogP contribution in [0.15, 0.2) is 24.3 Å². The van der Waals surface area contributed by atoms with E-state index in [-0.39, 0.29) is 0 Å².